The molecule has 5 heteroatoms. The first-order chi connectivity index (χ1) is 10.1. The van der Waals surface area contributed by atoms with Crippen LogP contribution in [0.25, 0.3) is 0 Å². The minimum Gasteiger partial charge on any atom is -0.478 e. The molecule has 0 spiro atoms. The highest BCUT2D eigenvalue weighted by Crippen LogP contribution is 2.30. The molecule has 1 amide bonds. The van der Waals surface area contributed by atoms with Gasteiger partial charge in [-0.2, -0.15) is 0 Å². The lowest BCUT2D eigenvalue weighted by Gasteiger charge is -2.21. The molecule has 1 heterocycles. The summed E-state index contributed by atoms with van der Waals surface area (Å²) in [6.45, 7) is 11.6. The number of amides is 1. The molecule has 1 unspecified atom stereocenters. The predicted molar refractivity (Wildman–Crippen MR) is 87.8 cm³/mol. The minimum atomic E-state index is -0.924. The molecule has 1 rings (SSSR count). The number of hydrogen-bond acceptors (Lipinski definition) is 3. The van der Waals surface area contributed by atoms with Crippen molar-refractivity contribution in [2.75, 3.05) is 0 Å². The van der Waals surface area contributed by atoms with Crippen LogP contribution >= 0.6 is 0 Å². The maximum absolute atomic E-state index is 12.3. The zero-order valence-electron chi connectivity index (χ0n) is 14.5. The molecule has 5 nitrogen and oxygen atoms in total. The quantitative estimate of drug-likeness (QED) is 0.709. The lowest BCUT2D eigenvalue weighted by atomic mass is 9.89. The Morgan fingerprint density at radius 1 is 1.32 bits per heavy atom. The van der Waals surface area contributed by atoms with Gasteiger partial charge in [0, 0.05) is 11.1 Å². The molecule has 0 saturated carbocycles. The summed E-state index contributed by atoms with van der Waals surface area (Å²) in [6.07, 6.45) is 2.22. The molecular weight excluding hydrogens is 280 g/mol. The lowest BCUT2D eigenvalue weighted by molar-refractivity contribution is -0.133. The predicted octanol–water partition coefficient (Wildman–Crippen LogP) is 3.16. The number of aliphatic carboxylic acids is 1. The van der Waals surface area contributed by atoms with Crippen LogP contribution in [0, 0.1) is 11.8 Å². The maximum atomic E-state index is 12.3. The van der Waals surface area contributed by atoms with Crippen LogP contribution in [-0.4, -0.2) is 28.4 Å². The van der Waals surface area contributed by atoms with Crippen molar-refractivity contribution in [1.29, 1.82) is 0 Å². The van der Waals surface area contributed by atoms with Crippen molar-refractivity contribution in [2.24, 2.45) is 16.8 Å². The SMILES string of the molecule is CCCCC(C(=O)O)=C(C1=NC(C)(C(C)C)C(=O)N1)C(C)C. The van der Waals surface area contributed by atoms with E-state index in [0.29, 0.717) is 23.4 Å². The molecule has 0 aromatic rings. The van der Waals surface area contributed by atoms with E-state index in [9.17, 15) is 14.7 Å². The van der Waals surface area contributed by atoms with Gasteiger partial charge in [0.05, 0.1) is 0 Å². The Morgan fingerprint density at radius 2 is 1.91 bits per heavy atom. The van der Waals surface area contributed by atoms with Crippen molar-refractivity contribution in [1.82, 2.24) is 5.32 Å². The van der Waals surface area contributed by atoms with Crippen LogP contribution in [0.1, 0.15) is 60.8 Å². The van der Waals surface area contributed by atoms with Gasteiger partial charge in [-0.15, -0.1) is 0 Å². The Morgan fingerprint density at radius 3 is 2.27 bits per heavy atom. The van der Waals surface area contributed by atoms with Gasteiger partial charge < -0.3 is 10.4 Å². The van der Waals surface area contributed by atoms with Gasteiger partial charge in [0.15, 0.2) is 0 Å². The lowest BCUT2D eigenvalue weighted by Crippen LogP contribution is -2.41. The first-order valence-electron chi connectivity index (χ1n) is 8.03. The van der Waals surface area contributed by atoms with Gasteiger partial charge in [-0.25, -0.2) is 4.79 Å². The average Bonchev–Trinajstić information content (AvgIpc) is 2.70. The molecule has 22 heavy (non-hydrogen) atoms. The summed E-state index contributed by atoms with van der Waals surface area (Å²) in [4.78, 5) is 28.5. The van der Waals surface area contributed by atoms with Crippen LogP contribution in [0.15, 0.2) is 16.1 Å². The highest BCUT2D eigenvalue weighted by atomic mass is 16.4. The summed E-state index contributed by atoms with van der Waals surface area (Å²) in [5.74, 6) is -0.619. The number of carbonyl (C=O) groups is 2. The molecule has 0 aromatic carbocycles. The topological polar surface area (TPSA) is 78.8 Å². The van der Waals surface area contributed by atoms with E-state index in [1.165, 1.54) is 0 Å². The summed E-state index contributed by atoms with van der Waals surface area (Å²) >= 11 is 0. The van der Waals surface area contributed by atoms with Gasteiger partial charge in [-0.1, -0.05) is 41.0 Å². The van der Waals surface area contributed by atoms with Crippen molar-refractivity contribution >= 4 is 17.7 Å². The van der Waals surface area contributed by atoms with Gasteiger partial charge in [-0.3, -0.25) is 9.79 Å². The third-order valence-corrected chi connectivity index (χ3v) is 4.36. The van der Waals surface area contributed by atoms with Crippen LogP contribution in [0.5, 0.6) is 0 Å². The number of nitrogens with zero attached hydrogens (tertiary/aromatic N) is 1. The number of carbonyl (C=O) groups excluding carboxylic acids is 1. The van der Waals surface area contributed by atoms with Crippen LogP contribution in [0.2, 0.25) is 0 Å². The summed E-state index contributed by atoms with van der Waals surface area (Å²) in [5.41, 5.74) is 0.187. The van der Waals surface area contributed by atoms with Gasteiger partial charge in [0.25, 0.3) is 5.91 Å². The van der Waals surface area contributed by atoms with Crippen LogP contribution in [-0.2, 0) is 9.59 Å². The molecule has 0 bridgehead atoms. The van der Waals surface area contributed by atoms with Crippen molar-refractivity contribution in [3.63, 3.8) is 0 Å². The normalized spacial score (nSPS) is 22.7. The van der Waals surface area contributed by atoms with Crippen LogP contribution in [0.4, 0.5) is 0 Å². The van der Waals surface area contributed by atoms with E-state index >= 15 is 0 Å². The van der Waals surface area contributed by atoms with E-state index in [1.807, 2.05) is 34.6 Å². The number of rotatable bonds is 7. The maximum Gasteiger partial charge on any atom is 0.331 e. The van der Waals surface area contributed by atoms with E-state index < -0.39 is 11.5 Å². The zero-order valence-corrected chi connectivity index (χ0v) is 14.5. The molecule has 1 atom stereocenters. The Hall–Kier alpha value is -1.65. The number of hydrogen-bond donors (Lipinski definition) is 2. The number of unbranched alkanes of at least 4 members (excludes halogenated alkanes) is 1. The second-order valence-corrected chi connectivity index (χ2v) is 6.67. The van der Waals surface area contributed by atoms with Crippen LogP contribution < -0.4 is 5.32 Å². The van der Waals surface area contributed by atoms with Crippen LogP contribution in [0.3, 0.4) is 0 Å². The molecule has 0 radical (unpaired) electrons. The fourth-order valence-corrected chi connectivity index (χ4v) is 2.54. The molecule has 1 aliphatic rings. The Kier molecular flexibility index (Phi) is 5.92. The van der Waals surface area contributed by atoms with Crippen molar-refractivity contribution in [2.45, 2.75) is 66.3 Å². The Labute approximate surface area is 132 Å². The number of nitrogens with one attached hydrogen (secondary N) is 1. The number of carboxylic acid groups (broad SMARTS) is 1. The molecular formula is C17H28N2O3. The van der Waals surface area contributed by atoms with E-state index in [1.54, 1.807) is 6.92 Å². The Bertz CT molecular complexity index is 518. The van der Waals surface area contributed by atoms with Gasteiger partial charge in [0.1, 0.15) is 11.4 Å². The highest BCUT2D eigenvalue weighted by molar-refractivity contribution is 6.17. The van der Waals surface area contributed by atoms with E-state index in [4.69, 9.17) is 0 Å². The third-order valence-electron chi connectivity index (χ3n) is 4.36. The van der Waals surface area contributed by atoms with E-state index in [0.717, 1.165) is 12.8 Å². The fourth-order valence-electron chi connectivity index (χ4n) is 2.54. The highest BCUT2D eigenvalue weighted by Gasteiger charge is 2.43. The summed E-state index contributed by atoms with van der Waals surface area (Å²) in [6, 6.07) is 0. The standard InChI is InChI=1S/C17H28N2O3/c1-7-8-9-12(15(20)21)13(10(2)3)14-18-16(22)17(6,19-14)11(4)5/h10-11H,7-9H2,1-6H3,(H,20,21)(H,18,19,22). The monoisotopic (exact) mass is 308 g/mol. The first kappa shape index (κ1) is 18.4. The second kappa shape index (κ2) is 7.07. The minimum absolute atomic E-state index is 0.0171. The largest absolute Gasteiger partial charge is 0.478 e. The molecule has 0 aliphatic carbocycles. The molecule has 2 N–H and O–H groups in total. The van der Waals surface area contributed by atoms with E-state index in [2.05, 4.69) is 10.3 Å². The zero-order chi connectivity index (χ0) is 17.1. The molecule has 0 saturated heterocycles. The molecule has 0 fully saturated rings. The van der Waals surface area contributed by atoms with Crippen molar-refractivity contribution in [3.05, 3.63) is 11.1 Å². The molecule has 0 aromatic heterocycles. The fraction of sp³-hybridized carbons (Fsp3) is 0.706. The van der Waals surface area contributed by atoms with Gasteiger partial charge in [0.2, 0.25) is 0 Å². The summed E-state index contributed by atoms with van der Waals surface area (Å²) < 4.78 is 0. The smallest absolute Gasteiger partial charge is 0.331 e. The average molecular weight is 308 g/mol. The first-order valence-corrected chi connectivity index (χ1v) is 8.03. The number of amidine groups is 1. The number of carboxylic acids is 1. The number of aliphatic imine (C=N–C) groups is 1. The molecule has 1 aliphatic heterocycles. The summed E-state index contributed by atoms with van der Waals surface area (Å²) in [5, 5.41) is 12.4. The van der Waals surface area contributed by atoms with Gasteiger partial charge in [-0.05, 0) is 31.6 Å². The summed E-state index contributed by atoms with van der Waals surface area (Å²) in [7, 11) is 0. The molecule has 124 valence electrons. The van der Waals surface area contributed by atoms with Crippen molar-refractivity contribution in [3.8, 4) is 0 Å². The van der Waals surface area contributed by atoms with Crippen molar-refractivity contribution < 1.29 is 14.7 Å². The second-order valence-electron chi connectivity index (χ2n) is 6.67. The third kappa shape index (κ3) is 3.57. The van der Waals surface area contributed by atoms with Gasteiger partial charge >= 0.3 is 5.97 Å². The van der Waals surface area contributed by atoms with E-state index in [-0.39, 0.29) is 17.7 Å². The Balaban J connectivity index is 3.37.